The SMILES string of the molecule is Cc1cc(C(=O)COC(=O)c2ccccc2Sc2ccccc2C#N)c(C)n1C[C@@H]1COc2ccccc2O1. The van der Waals surface area contributed by atoms with Crippen molar-refractivity contribution in [3.63, 3.8) is 0 Å². The first-order valence-corrected chi connectivity index (χ1v) is 13.3. The van der Waals surface area contributed by atoms with E-state index in [1.165, 1.54) is 11.8 Å². The largest absolute Gasteiger partial charge is 0.486 e. The first-order valence-electron chi connectivity index (χ1n) is 12.5. The summed E-state index contributed by atoms with van der Waals surface area (Å²) < 4.78 is 19.4. The summed E-state index contributed by atoms with van der Waals surface area (Å²) in [4.78, 5) is 27.5. The van der Waals surface area contributed by atoms with Crippen LogP contribution < -0.4 is 9.47 Å². The lowest BCUT2D eigenvalue weighted by Crippen LogP contribution is -2.33. The van der Waals surface area contributed by atoms with Crippen LogP contribution in [0.15, 0.2) is 88.7 Å². The number of Topliss-reactive ketones (excluding diaryl/α,β-unsaturated/α-hetero) is 1. The van der Waals surface area contributed by atoms with E-state index in [0.717, 1.165) is 22.0 Å². The highest BCUT2D eigenvalue weighted by Gasteiger charge is 2.24. The molecule has 1 aromatic heterocycles. The van der Waals surface area contributed by atoms with Crippen LogP contribution in [-0.2, 0) is 11.3 Å². The Bertz CT molecular complexity index is 1590. The molecule has 1 atom stereocenters. The molecule has 0 unspecified atom stereocenters. The van der Waals surface area contributed by atoms with E-state index < -0.39 is 5.97 Å². The minimum Gasteiger partial charge on any atom is -0.486 e. The van der Waals surface area contributed by atoms with Crippen molar-refractivity contribution in [3.8, 4) is 17.6 Å². The van der Waals surface area contributed by atoms with E-state index in [9.17, 15) is 14.9 Å². The number of nitrogens with zero attached hydrogens (tertiary/aromatic N) is 2. The Hall–Kier alpha value is -4.48. The molecule has 2 heterocycles. The predicted octanol–water partition coefficient (Wildman–Crippen LogP) is 6.01. The molecule has 0 saturated carbocycles. The van der Waals surface area contributed by atoms with Gasteiger partial charge in [0.1, 0.15) is 12.7 Å². The average molecular weight is 539 g/mol. The van der Waals surface area contributed by atoms with E-state index in [0.29, 0.717) is 40.5 Å². The summed E-state index contributed by atoms with van der Waals surface area (Å²) >= 11 is 1.31. The Morgan fingerprint density at radius 3 is 2.46 bits per heavy atom. The van der Waals surface area contributed by atoms with Crippen LogP contribution in [0.1, 0.15) is 37.7 Å². The number of carbonyl (C=O) groups excluding carboxylic acids is 2. The Kier molecular flexibility index (Phi) is 7.71. The first-order chi connectivity index (χ1) is 18.9. The topological polar surface area (TPSA) is 90.6 Å². The molecule has 0 radical (unpaired) electrons. The molecule has 196 valence electrons. The number of hydrogen-bond acceptors (Lipinski definition) is 7. The lowest BCUT2D eigenvalue weighted by molar-refractivity contribution is 0.0471. The maximum atomic E-state index is 13.1. The maximum absolute atomic E-state index is 13.1. The van der Waals surface area contributed by atoms with Crippen LogP contribution in [0, 0.1) is 25.2 Å². The van der Waals surface area contributed by atoms with Crippen molar-refractivity contribution in [1.82, 2.24) is 4.57 Å². The zero-order valence-electron chi connectivity index (χ0n) is 21.5. The fourth-order valence-corrected chi connectivity index (χ4v) is 5.51. The van der Waals surface area contributed by atoms with E-state index in [-0.39, 0.29) is 18.5 Å². The standard InChI is InChI=1S/C31H26N2O5S/c1-20-15-25(21(2)33(20)17-23-18-36-27-11-5-6-12-28(27)38-23)26(34)19-37-31(35)24-10-4-8-14-30(24)39-29-13-7-3-9-22(29)16-32/h3-15,23H,17-19H2,1-2H3/t23-/m1/s1. The Balaban J connectivity index is 1.25. The smallest absolute Gasteiger partial charge is 0.339 e. The molecule has 39 heavy (non-hydrogen) atoms. The number of aryl methyl sites for hydroxylation is 1. The molecule has 0 amide bonds. The van der Waals surface area contributed by atoms with Gasteiger partial charge in [-0.1, -0.05) is 48.2 Å². The van der Waals surface area contributed by atoms with Crippen molar-refractivity contribution in [2.24, 2.45) is 0 Å². The monoisotopic (exact) mass is 538 g/mol. The van der Waals surface area contributed by atoms with Gasteiger partial charge in [0.2, 0.25) is 5.78 Å². The van der Waals surface area contributed by atoms with Gasteiger partial charge in [-0.2, -0.15) is 5.26 Å². The van der Waals surface area contributed by atoms with Crippen LogP contribution in [0.25, 0.3) is 0 Å². The molecule has 0 spiro atoms. The average Bonchev–Trinajstić information content (AvgIpc) is 3.24. The third-order valence-electron chi connectivity index (χ3n) is 6.50. The fourth-order valence-electron chi connectivity index (χ4n) is 4.50. The van der Waals surface area contributed by atoms with E-state index in [1.54, 1.807) is 30.3 Å². The highest BCUT2D eigenvalue weighted by atomic mass is 32.2. The summed E-state index contributed by atoms with van der Waals surface area (Å²) in [6.07, 6.45) is -0.203. The van der Waals surface area contributed by atoms with Gasteiger partial charge in [0.25, 0.3) is 0 Å². The van der Waals surface area contributed by atoms with Gasteiger partial charge in [0.05, 0.1) is 17.7 Å². The van der Waals surface area contributed by atoms with Crippen LogP contribution in [0.5, 0.6) is 11.5 Å². The second-order valence-electron chi connectivity index (χ2n) is 9.10. The van der Waals surface area contributed by atoms with Crippen LogP contribution in [-0.4, -0.2) is 35.6 Å². The lowest BCUT2D eigenvalue weighted by Gasteiger charge is -2.27. The number of aromatic nitrogens is 1. The van der Waals surface area contributed by atoms with Crippen molar-refractivity contribution in [2.75, 3.05) is 13.2 Å². The van der Waals surface area contributed by atoms with E-state index in [1.807, 2.05) is 66.9 Å². The van der Waals surface area contributed by atoms with Crippen LogP contribution in [0.4, 0.5) is 0 Å². The normalized spacial score (nSPS) is 13.9. The van der Waals surface area contributed by atoms with Crippen LogP contribution in [0.2, 0.25) is 0 Å². The van der Waals surface area contributed by atoms with Crippen LogP contribution >= 0.6 is 11.8 Å². The second kappa shape index (κ2) is 11.5. The maximum Gasteiger partial charge on any atom is 0.339 e. The molecule has 1 aliphatic rings. The fraction of sp³-hybridized carbons (Fsp3) is 0.194. The number of benzene rings is 3. The van der Waals surface area contributed by atoms with Crippen LogP contribution in [0.3, 0.4) is 0 Å². The molecular weight excluding hydrogens is 512 g/mol. The number of ketones is 1. The Morgan fingerprint density at radius 2 is 1.67 bits per heavy atom. The number of esters is 1. The highest BCUT2D eigenvalue weighted by molar-refractivity contribution is 7.99. The number of nitriles is 1. The van der Waals surface area contributed by atoms with Gasteiger partial charge in [0, 0.05) is 26.7 Å². The second-order valence-corrected chi connectivity index (χ2v) is 10.2. The highest BCUT2D eigenvalue weighted by Crippen LogP contribution is 2.33. The molecule has 0 saturated heterocycles. The molecular formula is C31H26N2O5S. The number of rotatable bonds is 8. The van der Waals surface area contributed by atoms with Gasteiger partial charge in [-0.15, -0.1) is 0 Å². The van der Waals surface area contributed by atoms with Gasteiger partial charge in [-0.3, -0.25) is 4.79 Å². The number of hydrogen-bond donors (Lipinski definition) is 0. The third-order valence-corrected chi connectivity index (χ3v) is 7.65. The summed E-state index contributed by atoms with van der Waals surface area (Å²) in [5.74, 6) is 0.547. The molecule has 0 fully saturated rings. The van der Waals surface area contributed by atoms with E-state index in [4.69, 9.17) is 14.2 Å². The molecule has 5 rings (SSSR count). The Labute approximate surface area is 230 Å². The van der Waals surface area contributed by atoms with Crippen molar-refractivity contribution in [3.05, 3.63) is 107 Å². The molecule has 0 aliphatic carbocycles. The molecule has 0 N–H and O–H groups in total. The van der Waals surface area contributed by atoms with Gasteiger partial charge >= 0.3 is 5.97 Å². The summed E-state index contributed by atoms with van der Waals surface area (Å²) in [5.41, 5.74) is 3.04. The zero-order chi connectivity index (χ0) is 27.4. The molecule has 3 aromatic carbocycles. The van der Waals surface area contributed by atoms with Gasteiger partial charge in [0.15, 0.2) is 24.2 Å². The minimum atomic E-state index is -0.596. The van der Waals surface area contributed by atoms with Crippen molar-refractivity contribution < 1.29 is 23.8 Å². The van der Waals surface area contributed by atoms with Crippen molar-refractivity contribution in [2.45, 2.75) is 36.3 Å². The summed E-state index contributed by atoms with van der Waals surface area (Å²) in [6, 6.07) is 25.7. The lowest BCUT2D eigenvalue weighted by atomic mass is 10.1. The van der Waals surface area contributed by atoms with Crippen molar-refractivity contribution >= 4 is 23.5 Å². The summed E-state index contributed by atoms with van der Waals surface area (Å²) in [5, 5.41) is 9.40. The minimum absolute atomic E-state index is 0.203. The number of carbonyl (C=O) groups is 2. The number of ether oxygens (including phenoxy) is 3. The molecule has 0 bridgehead atoms. The van der Waals surface area contributed by atoms with E-state index >= 15 is 0 Å². The molecule has 7 nitrogen and oxygen atoms in total. The van der Waals surface area contributed by atoms with Gasteiger partial charge in [-0.25, -0.2) is 4.79 Å². The third kappa shape index (κ3) is 5.69. The predicted molar refractivity (Wildman–Crippen MR) is 147 cm³/mol. The number of fused-ring (bicyclic) bond motifs is 1. The first kappa shape index (κ1) is 26.1. The van der Waals surface area contributed by atoms with E-state index in [2.05, 4.69) is 6.07 Å². The summed E-state index contributed by atoms with van der Waals surface area (Å²) in [7, 11) is 0. The van der Waals surface area contributed by atoms with Gasteiger partial charge < -0.3 is 18.8 Å². The Morgan fingerprint density at radius 1 is 0.974 bits per heavy atom. The molecule has 8 heteroatoms. The van der Waals surface area contributed by atoms with Crippen molar-refractivity contribution in [1.29, 1.82) is 5.26 Å². The zero-order valence-corrected chi connectivity index (χ0v) is 22.4. The summed E-state index contributed by atoms with van der Waals surface area (Å²) in [6.45, 7) is 4.35. The quantitative estimate of drug-likeness (QED) is 0.201. The molecule has 4 aromatic rings. The number of para-hydroxylation sites is 2. The molecule has 1 aliphatic heterocycles. The van der Waals surface area contributed by atoms with Gasteiger partial charge in [-0.05, 0) is 56.3 Å².